The maximum atomic E-state index is 12.2. The lowest BCUT2D eigenvalue weighted by atomic mass is 9.93. The fourth-order valence-electron chi connectivity index (χ4n) is 3.82. The number of carbonyl (C=O) groups excluding carboxylic acids is 1. The van der Waals surface area contributed by atoms with Crippen LogP contribution in [0.4, 0.5) is 5.69 Å². The van der Waals surface area contributed by atoms with E-state index in [4.69, 9.17) is 11.6 Å². The fraction of sp³-hybridized carbons (Fsp3) is 0.250. The van der Waals surface area contributed by atoms with Gasteiger partial charge in [0.25, 0.3) is 0 Å². The molecule has 1 fully saturated rings. The number of halogens is 1. The van der Waals surface area contributed by atoms with Crippen molar-refractivity contribution in [2.75, 3.05) is 18.4 Å². The van der Waals surface area contributed by atoms with Crippen molar-refractivity contribution < 1.29 is 9.90 Å². The number of carbonyl (C=O) groups is 1. The van der Waals surface area contributed by atoms with E-state index in [-0.39, 0.29) is 5.91 Å². The minimum atomic E-state index is -0.532. The summed E-state index contributed by atoms with van der Waals surface area (Å²) in [6, 6.07) is 23.2. The summed E-state index contributed by atoms with van der Waals surface area (Å²) in [5.41, 5.74) is 4.28. The van der Waals surface area contributed by atoms with Crippen molar-refractivity contribution >= 4 is 23.2 Å². The third-order valence-corrected chi connectivity index (χ3v) is 6.19. The fourth-order valence-corrected chi connectivity index (χ4v) is 3.95. The summed E-state index contributed by atoms with van der Waals surface area (Å²) in [4.78, 5) is 14.6. The molecule has 1 amide bonds. The Morgan fingerprint density at radius 1 is 0.970 bits per heavy atom. The van der Waals surface area contributed by atoms with Crippen molar-refractivity contribution in [3.05, 3.63) is 88.9 Å². The van der Waals surface area contributed by atoms with Crippen molar-refractivity contribution in [1.29, 1.82) is 0 Å². The van der Waals surface area contributed by atoms with Crippen molar-refractivity contribution in [2.24, 2.45) is 0 Å². The highest BCUT2D eigenvalue weighted by Gasteiger charge is 2.26. The van der Waals surface area contributed by atoms with E-state index < -0.39 is 5.60 Å². The van der Waals surface area contributed by atoms with Crippen molar-refractivity contribution in [2.45, 2.75) is 31.9 Å². The van der Waals surface area contributed by atoms with E-state index in [0.29, 0.717) is 10.7 Å². The smallest absolute Gasteiger partial charge is 0.300 e. The molecule has 1 saturated heterocycles. The molecule has 3 aromatic rings. The van der Waals surface area contributed by atoms with E-state index in [1.807, 2.05) is 79.7 Å². The first-order valence-electron chi connectivity index (χ1n) is 11.1. The van der Waals surface area contributed by atoms with Gasteiger partial charge in [-0.15, -0.1) is 0 Å². The van der Waals surface area contributed by atoms with Crippen LogP contribution < -0.4 is 5.32 Å². The summed E-state index contributed by atoms with van der Waals surface area (Å²) in [6.07, 6.45) is 1.60. The zero-order valence-corrected chi connectivity index (χ0v) is 19.4. The number of benzene rings is 3. The predicted molar refractivity (Wildman–Crippen MR) is 134 cm³/mol. The highest BCUT2D eigenvalue weighted by molar-refractivity contribution is 6.30. The second kappa shape index (κ2) is 10.2. The minimum absolute atomic E-state index is 0.348. The van der Waals surface area contributed by atoms with Crippen LogP contribution in [0, 0.1) is 11.8 Å². The van der Waals surface area contributed by atoms with Gasteiger partial charge in [0.1, 0.15) is 0 Å². The number of aliphatic hydroxyl groups is 1. The van der Waals surface area contributed by atoms with E-state index in [9.17, 15) is 9.90 Å². The lowest BCUT2D eigenvalue weighted by Crippen LogP contribution is -2.41. The van der Waals surface area contributed by atoms with Gasteiger partial charge in [0.2, 0.25) is 0 Å². The zero-order valence-electron chi connectivity index (χ0n) is 18.6. The molecule has 5 heteroatoms. The SMILES string of the molecule is CC1(O)CCN(Cc2ccc(C#CC(=O)Nc3ccc(-c4ccc(Cl)cc4)cc3)cc2)CC1. The zero-order chi connectivity index (χ0) is 23.3. The summed E-state index contributed by atoms with van der Waals surface area (Å²) in [5.74, 6) is 5.24. The van der Waals surface area contributed by atoms with Gasteiger partial charge in [0, 0.05) is 41.8 Å². The van der Waals surface area contributed by atoms with Gasteiger partial charge in [-0.05, 0) is 72.9 Å². The predicted octanol–water partition coefficient (Wildman–Crippen LogP) is 5.34. The minimum Gasteiger partial charge on any atom is -0.390 e. The highest BCUT2D eigenvalue weighted by atomic mass is 35.5. The van der Waals surface area contributed by atoms with Gasteiger partial charge < -0.3 is 10.4 Å². The molecule has 0 aliphatic carbocycles. The number of rotatable bonds is 4. The Morgan fingerprint density at radius 3 is 2.15 bits per heavy atom. The van der Waals surface area contributed by atoms with Gasteiger partial charge in [-0.3, -0.25) is 9.69 Å². The van der Waals surface area contributed by atoms with Crippen LogP contribution in [-0.2, 0) is 11.3 Å². The Morgan fingerprint density at radius 2 is 1.55 bits per heavy atom. The summed E-state index contributed by atoms with van der Waals surface area (Å²) in [5, 5.41) is 13.6. The first-order chi connectivity index (χ1) is 15.9. The average Bonchev–Trinajstić information content (AvgIpc) is 2.81. The standard InChI is InChI=1S/C28H27ClN2O2/c1-28(33)16-18-31(19-17-28)20-22-4-2-21(3-5-22)6-15-27(32)30-26-13-9-24(10-14-26)23-7-11-25(29)12-8-23/h2-5,7-14,33H,16-20H2,1H3,(H,30,32). The Hall–Kier alpha value is -3.10. The molecule has 33 heavy (non-hydrogen) atoms. The summed E-state index contributed by atoms with van der Waals surface area (Å²) >= 11 is 5.94. The molecular formula is C28H27ClN2O2. The molecule has 0 saturated carbocycles. The molecule has 4 rings (SSSR count). The number of likely N-dealkylation sites (tertiary alicyclic amines) is 1. The van der Waals surface area contributed by atoms with E-state index in [1.165, 1.54) is 5.56 Å². The number of hydrogen-bond acceptors (Lipinski definition) is 3. The van der Waals surface area contributed by atoms with Crippen molar-refractivity contribution in [3.8, 4) is 23.0 Å². The summed E-state index contributed by atoms with van der Waals surface area (Å²) < 4.78 is 0. The Balaban J connectivity index is 1.30. The van der Waals surface area contributed by atoms with E-state index in [2.05, 4.69) is 22.1 Å². The van der Waals surface area contributed by atoms with Gasteiger partial charge in [0.15, 0.2) is 0 Å². The third-order valence-electron chi connectivity index (χ3n) is 5.93. The van der Waals surface area contributed by atoms with Gasteiger partial charge in [-0.25, -0.2) is 0 Å². The molecule has 0 radical (unpaired) electrons. The molecule has 3 aromatic carbocycles. The van der Waals surface area contributed by atoms with Gasteiger partial charge in [-0.2, -0.15) is 0 Å². The van der Waals surface area contributed by atoms with Crippen molar-refractivity contribution in [3.63, 3.8) is 0 Å². The second-order valence-electron chi connectivity index (χ2n) is 8.76. The van der Waals surface area contributed by atoms with Crippen LogP contribution in [0.2, 0.25) is 5.02 Å². The molecule has 0 spiro atoms. The molecule has 4 nitrogen and oxygen atoms in total. The van der Waals surface area contributed by atoms with Crippen LogP contribution in [0.1, 0.15) is 30.9 Å². The van der Waals surface area contributed by atoms with Gasteiger partial charge in [-0.1, -0.05) is 53.9 Å². The number of nitrogens with zero attached hydrogens (tertiary/aromatic N) is 1. The van der Waals surface area contributed by atoms with Crippen LogP contribution in [-0.4, -0.2) is 34.6 Å². The lowest BCUT2D eigenvalue weighted by molar-refractivity contribution is -0.111. The van der Waals surface area contributed by atoms with Crippen molar-refractivity contribution in [1.82, 2.24) is 4.90 Å². The molecule has 0 atom stereocenters. The number of anilines is 1. The second-order valence-corrected chi connectivity index (χ2v) is 9.19. The number of piperidine rings is 1. The normalized spacial score (nSPS) is 15.4. The van der Waals surface area contributed by atoms with Crippen LogP contribution >= 0.6 is 11.6 Å². The number of amides is 1. The average molecular weight is 459 g/mol. The Labute approximate surface area is 200 Å². The third kappa shape index (κ3) is 6.69. The van der Waals surface area contributed by atoms with E-state index >= 15 is 0 Å². The summed E-state index contributed by atoms with van der Waals surface area (Å²) in [6.45, 7) is 4.56. The highest BCUT2D eigenvalue weighted by Crippen LogP contribution is 2.24. The molecule has 1 heterocycles. The first-order valence-corrected chi connectivity index (χ1v) is 11.5. The molecule has 168 valence electrons. The Kier molecular flexibility index (Phi) is 7.15. The van der Waals surface area contributed by atoms with Crippen LogP contribution in [0.5, 0.6) is 0 Å². The summed E-state index contributed by atoms with van der Waals surface area (Å²) in [7, 11) is 0. The molecule has 2 N–H and O–H groups in total. The lowest BCUT2D eigenvalue weighted by Gasteiger charge is -2.35. The topological polar surface area (TPSA) is 52.6 Å². The van der Waals surface area contributed by atoms with E-state index in [0.717, 1.165) is 49.2 Å². The molecule has 0 bridgehead atoms. The molecule has 1 aliphatic heterocycles. The molecular weight excluding hydrogens is 432 g/mol. The molecule has 0 unspecified atom stereocenters. The monoisotopic (exact) mass is 458 g/mol. The maximum absolute atomic E-state index is 12.2. The molecule has 1 aliphatic rings. The number of hydrogen-bond donors (Lipinski definition) is 2. The molecule has 0 aromatic heterocycles. The van der Waals surface area contributed by atoms with Gasteiger partial charge in [0.05, 0.1) is 5.60 Å². The quantitative estimate of drug-likeness (QED) is 0.518. The van der Waals surface area contributed by atoms with Crippen LogP contribution in [0.25, 0.3) is 11.1 Å². The maximum Gasteiger partial charge on any atom is 0.300 e. The largest absolute Gasteiger partial charge is 0.390 e. The van der Waals surface area contributed by atoms with Crippen LogP contribution in [0.3, 0.4) is 0 Å². The van der Waals surface area contributed by atoms with E-state index in [1.54, 1.807) is 0 Å². The number of nitrogens with one attached hydrogen (secondary N) is 1. The first kappa shape index (κ1) is 23.1. The van der Waals surface area contributed by atoms with Gasteiger partial charge >= 0.3 is 5.91 Å². The Bertz CT molecular complexity index is 1150. The van der Waals surface area contributed by atoms with Crippen LogP contribution in [0.15, 0.2) is 72.8 Å².